The first kappa shape index (κ1) is 31.7. The van der Waals surface area contributed by atoms with Gasteiger partial charge < -0.3 is 33.6 Å². The van der Waals surface area contributed by atoms with Gasteiger partial charge in [-0.2, -0.15) is 9.97 Å². The Hall–Kier alpha value is -3.24. The molecule has 4 heterocycles. The zero-order chi connectivity index (χ0) is 27.8. The molecule has 42 heavy (non-hydrogen) atoms. The Morgan fingerprint density at radius 2 is 1.07 bits per heavy atom. The average molecular weight is 615 g/mol. The maximum atomic E-state index is 5.49. The topological polar surface area (TPSA) is 62.1 Å². The predicted octanol–water partition coefficient (Wildman–Crippen LogP) is 4.67. The van der Waals surface area contributed by atoms with Crippen molar-refractivity contribution in [2.24, 2.45) is 7.05 Å². The number of anilines is 2. The highest BCUT2D eigenvalue weighted by Crippen LogP contribution is 2.44. The van der Waals surface area contributed by atoms with Crippen LogP contribution in [0.1, 0.15) is 0 Å². The number of hydrogen-bond donors (Lipinski definition) is 0. The van der Waals surface area contributed by atoms with E-state index in [0.29, 0.717) is 0 Å². The molecule has 4 aromatic rings. The van der Waals surface area contributed by atoms with Crippen LogP contribution >= 0.6 is 24.8 Å². The fourth-order valence-corrected chi connectivity index (χ4v) is 5.81. The van der Waals surface area contributed by atoms with Gasteiger partial charge in [0.15, 0.2) is 0 Å². The lowest BCUT2D eigenvalue weighted by Gasteiger charge is -2.35. The number of aromatic nitrogens is 3. The van der Waals surface area contributed by atoms with Crippen molar-refractivity contribution in [3.05, 3.63) is 48.5 Å². The van der Waals surface area contributed by atoms with Gasteiger partial charge in [-0.1, -0.05) is 12.1 Å². The Balaban J connectivity index is 0.00000202. The number of methoxy groups -OCH3 is 2. The number of piperazine rings is 2. The van der Waals surface area contributed by atoms with Crippen LogP contribution in [0.5, 0.6) is 11.5 Å². The van der Waals surface area contributed by atoms with Gasteiger partial charge >= 0.3 is 0 Å². The first-order chi connectivity index (χ1) is 19.5. The number of aryl methyl sites for hydroxylation is 1. The van der Waals surface area contributed by atoms with E-state index in [9.17, 15) is 0 Å². The Kier molecular flexibility index (Phi) is 10.1. The van der Waals surface area contributed by atoms with Gasteiger partial charge in [-0.3, -0.25) is 0 Å². The van der Waals surface area contributed by atoms with E-state index < -0.39 is 0 Å². The van der Waals surface area contributed by atoms with Gasteiger partial charge in [-0.15, -0.1) is 24.8 Å². The highest BCUT2D eigenvalue weighted by molar-refractivity contribution is 6.09. The summed E-state index contributed by atoms with van der Waals surface area (Å²) < 4.78 is 13.2. The van der Waals surface area contributed by atoms with Crippen molar-refractivity contribution >= 4 is 47.6 Å². The van der Waals surface area contributed by atoms with Crippen molar-refractivity contribution in [1.82, 2.24) is 24.3 Å². The van der Waals surface area contributed by atoms with Crippen LogP contribution in [0.15, 0.2) is 48.5 Å². The van der Waals surface area contributed by atoms with Crippen molar-refractivity contribution in [3.8, 4) is 33.9 Å². The Labute approximate surface area is 260 Å². The Bertz CT molecular complexity index is 1480. The van der Waals surface area contributed by atoms with E-state index in [0.717, 1.165) is 109 Å². The number of halogens is 2. The molecule has 2 saturated heterocycles. The second-order valence-electron chi connectivity index (χ2n) is 10.9. The van der Waals surface area contributed by atoms with Crippen molar-refractivity contribution in [1.29, 1.82) is 0 Å². The zero-order valence-electron chi connectivity index (χ0n) is 25.0. The molecule has 0 saturated carbocycles. The van der Waals surface area contributed by atoms with Gasteiger partial charge in [0, 0.05) is 65.0 Å². The molecule has 2 aliphatic rings. The van der Waals surface area contributed by atoms with Gasteiger partial charge in [0.05, 0.1) is 25.3 Å². The van der Waals surface area contributed by atoms with Gasteiger partial charge in [-0.25, -0.2) is 0 Å². The predicted molar refractivity (Wildman–Crippen MR) is 176 cm³/mol. The second-order valence-corrected chi connectivity index (χ2v) is 10.9. The summed E-state index contributed by atoms with van der Waals surface area (Å²) in [6, 6.07) is 16.6. The standard InChI is InChI=1S/C31H39N7O2.2ClH/c1-34-14-18-37(19-15-34)30-27-26(22-6-10-24(39-4)11-7-22)28(23-8-12-25(40-5)13-9-23)36(3)29(27)32-31(33-30)38-20-16-35(2)17-21-38;;/h6-13H,14-21H2,1-5H3;2*1H. The first-order valence-electron chi connectivity index (χ1n) is 14.0. The molecule has 0 unspecified atom stereocenters. The Morgan fingerprint density at radius 1 is 0.595 bits per heavy atom. The molecule has 2 aliphatic heterocycles. The van der Waals surface area contributed by atoms with Gasteiger partial charge in [0.25, 0.3) is 0 Å². The summed E-state index contributed by atoms with van der Waals surface area (Å²) >= 11 is 0. The SMILES string of the molecule is COc1ccc(-c2c(-c3ccc(OC)cc3)n(C)c3nc(N4CCN(C)CC4)nc(N4CCN(C)CC4)c23)cc1.Cl.Cl. The fraction of sp³-hybridized carbons (Fsp3) is 0.419. The van der Waals surface area contributed by atoms with E-state index >= 15 is 0 Å². The third-order valence-corrected chi connectivity index (χ3v) is 8.33. The first-order valence-corrected chi connectivity index (χ1v) is 14.0. The summed E-state index contributed by atoms with van der Waals surface area (Å²) in [4.78, 5) is 20.1. The summed E-state index contributed by atoms with van der Waals surface area (Å²) in [5.74, 6) is 3.51. The second kappa shape index (κ2) is 13.4. The molecule has 0 N–H and O–H groups in total. The summed E-state index contributed by atoms with van der Waals surface area (Å²) in [7, 11) is 9.90. The van der Waals surface area contributed by atoms with E-state index in [1.165, 1.54) is 0 Å². The van der Waals surface area contributed by atoms with Crippen LogP contribution in [-0.2, 0) is 7.05 Å². The van der Waals surface area contributed by atoms with Crippen LogP contribution in [0.3, 0.4) is 0 Å². The number of nitrogens with zero attached hydrogens (tertiary/aromatic N) is 7. The smallest absolute Gasteiger partial charge is 0.229 e. The van der Waals surface area contributed by atoms with Crippen molar-refractivity contribution < 1.29 is 9.47 Å². The summed E-state index contributed by atoms with van der Waals surface area (Å²) in [6.07, 6.45) is 0. The number of rotatable bonds is 6. The lowest BCUT2D eigenvalue weighted by Crippen LogP contribution is -2.46. The normalized spacial score (nSPS) is 16.2. The monoisotopic (exact) mass is 613 g/mol. The molecule has 2 fully saturated rings. The number of hydrogen-bond acceptors (Lipinski definition) is 8. The summed E-state index contributed by atoms with van der Waals surface area (Å²) in [5.41, 5.74) is 5.43. The largest absolute Gasteiger partial charge is 0.497 e. The van der Waals surface area contributed by atoms with Crippen LogP contribution in [-0.4, -0.2) is 105 Å². The van der Waals surface area contributed by atoms with Crippen molar-refractivity contribution in [2.45, 2.75) is 0 Å². The average Bonchev–Trinajstić information content (AvgIpc) is 3.29. The van der Waals surface area contributed by atoms with Gasteiger partial charge in [0.1, 0.15) is 23.0 Å². The lowest BCUT2D eigenvalue weighted by molar-refractivity contribution is 0.309. The van der Waals surface area contributed by atoms with Crippen molar-refractivity contribution in [3.63, 3.8) is 0 Å². The molecule has 0 amide bonds. The number of fused-ring (bicyclic) bond motifs is 1. The number of benzene rings is 2. The van der Waals surface area contributed by atoms with Gasteiger partial charge in [0.2, 0.25) is 5.95 Å². The molecule has 11 heteroatoms. The van der Waals surface area contributed by atoms with Crippen LogP contribution in [0.25, 0.3) is 33.4 Å². The molecule has 0 spiro atoms. The number of ether oxygens (including phenoxy) is 2. The minimum Gasteiger partial charge on any atom is -0.497 e. The molecule has 0 radical (unpaired) electrons. The zero-order valence-corrected chi connectivity index (χ0v) is 26.7. The van der Waals surface area contributed by atoms with Crippen LogP contribution in [0.4, 0.5) is 11.8 Å². The maximum Gasteiger partial charge on any atom is 0.229 e. The fourth-order valence-electron chi connectivity index (χ4n) is 5.81. The molecule has 0 bridgehead atoms. The molecule has 2 aromatic carbocycles. The van der Waals surface area contributed by atoms with Crippen LogP contribution in [0, 0.1) is 0 Å². The number of likely N-dealkylation sites (N-methyl/N-ethyl adjacent to an activating group) is 2. The highest BCUT2D eigenvalue weighted by Gasteiger charge is 2.29. The molecule has 0 aliphatic carbocycles. The molecule has 0 atom stereocenters. The third kappa shape index (κ3) is 5.97. The minimum absolute atomic E-state index is 0. The summed E-state index contributed by atoms with van der Waals surface area (Å²) in [6.45, 7) is 7.73. The molecular weight excluding hydrogens is 573 g/mol. The molecule has 226 valence electrons. The highest BCUT2D eigenvalue weighted by atomic mass is 35.5. The summed E-state index contributed by atoms with van der Waals surface area (Å²) in [5, 5.41) is 1.10. The Morgan fingerprint density at radius 3 is 1.57 bits per heavy atom. The minimum atomic E-state index is 0. The van der Waals surface area contributed by atoms with Crippen LogP contribution < -0.4 is 19.3 Å². The van der Waals surface area contributed by atoms with Crippen LogP contribution in [0.2, 0.25) is 0 Å². The van der Waals surface area contributed by atoms with E-state index in [4.69, 9.17) is 19.4 Å². The quantitative estimate of drug-likeness (QED) is 0.311. The lowest BCUT2D eigenvalue weighted by atomic mass is 9.98. The van der Waals surface area contributed by atoms with E-state index in [1.54, 1.807) is 14.2 Å². The third-order valence-electron chi connectivity index (χ3n) is 8.33. The maximum absolute atomic E-state index is 5.49. The molecule has 6 rings (SSSR count). The molecular formula is C31H41Cl2N7O2. The van der Waals surface area contributed by atoms with Gasteiger partial charge in [-0.05, 0) is 61.6 Å². The van der Waals surface area contributed by atoms with E-state index in [-0.39, 0.29) is 24.8 Å². The van der Waals surface area contributed by atoms with E-state index in [1.807, 2.05) is 24.3 Å². The molecule has 2 aromatic heterocycles. The molecule has 9 nitrogen and oxygen atoms in total. The van der Waals surface area contributed by atoms with E-state index in [2.05, 4.69) is 69.6 Å². The van der Waals surface area contributed by atoms with Crippen molar-refractivity contribution in [2.75, 3.05) is 90.5 Å².